The fourth-order valence-corrected chi connectivity index (χ4v) is 2.65. The van der Waals surface area contributed by atoms with Gasteiger partial charge in [0, 0.05) is 18.4 Å². The highest BCUT2D eigenvalue weighted by Crippen LogP contribution is 2.36. The Kier molecular flexibility index (Phi) is 5.02. The molecule has 0 aliphatic heterocycles. The van der Waals surface area contributed by atoms with Crippen LogP contribution in [0.2, 0.25) is 0 Å². The second-order valence-electron chi connectivity index (χ2n) is 5.60. The van der Waals surface area contributed by atoms with Gasteiger partial charge in [0.05, 0.1) is 16.8 Å². The number of pyridine rings is 1. The van der Waals surface area contributed by atoms with Crippen LogP contribution in [0.4, 0.5) is 28.7 Å². The van der Waals surface area contributed by atoms with Gasteiger partial charge in [0.15, 0.2) is 0 Å². The van der Waals surface area contributed by atoms with E-state index in [1.165, 1.54) is 6.33 Å². The van der Waals surface area contributed by atoms with Crippen LogP contribution in [0, 0.1) is 17.0 Å². The highest BCUT2D eigenvalue weighted by molar-refractivity contribution is 5.78. The molecule has 2 heterocycles. The van der Waals surface area contributed by atoms with Crippen LogP contribution in [-0.4, -0.2) is 26.4 Å². The van der Waals surface area contributed by atoms with Gasteiger partial charge in [0.2, 0.25) is 11.6 Å². The van der Waals surface area contributed by atoms with E-state index in [9.17, 15) is 10.1 Å². The molecule has 0 amide bonds. The monoisotopic (exact) mass is 350 g/mol. The van der Waals surface area contributed by atoms with Gasteiger partial charge in [-0.25, -0.2) is 9.97 Å². The van der Waals surface area contributed by atoms with Crippen molar-refractivity contribution in [1.82, 2.24) is 15.0 Å². The molecular formula is C18H18N6O2. The van der Waals surface area contributed by atoms with E-state index >= 15 is 0 Å². The molecule has 0 atom stereocenters. The maximum atomic E-state index is 11.8. The molecule has 3 aromatic rings. The molecule has 8 nitrogen and oxygen atoms in total. The highest BCUT2D eigenvalue weighted by Gasteiger charge is 2.27. The van der Waals surface area contributed by atoms with Crippen molar-refractivity contribution in [2.45, 2.75) is 13.8 Å². The predicted octanol–water partition coefficient (Wildman–Crippen LogP) is 3.99. The summed E-state index contributed by atoms with van der Waals surface area (Å²) in [6, 6.07) is 11.2. The van der Waals surface area contributed by atoms with Crippen molar-refractivity contribution in [3.63, 3.8) is 0 Å². The first-order valence-electron chi connectivity index (χ1n) is 8.10. The average Bonchev–Trinajstić information content (AvgIpc) is 2.63. The molecule has 0 radical (unpaired) electrons. The number of anilines is 4. The van der Waals surface area contributed by atoms with E-state index < -0.39 is 4.92 Å². The molecular weight excluding hydrogens is 332 g/mol. The Labute approximate surface area is 150 Å². The van der Waals surface area contributed by atoms with E-state index in [2.05, 4.69) is 20.3 Å². The lowest BCUT2D eigenvalue weighted by molar-refractivity contribution is -0.383. The lowest BCUT2D eigenvalue weighted by atomic mass is 10.2. The second-order valence-corrected chi connectivity index (χ2v) is 5.60. The summed E-state index contributed by atoms with van der Waals surface area (Å²) < 4.78 is 0. The molecule has 0 aliphatic carbocycles. The molecule has 0 fully saturated rings. The molecule has 0 saturated heterocycles. The first-order chi connectivity index (χ1) is 12.6. The number of nitrogens with one attached hydrogen (secondary N) is 1. The minimum absolute atomic E-state index is 0.124. The summed E-state index contributed by atoms with van der Waals surface area (Å²) in [4.78, 5) is 25.4. The van der Waals surface area contributed by atoms with Gasteiger partial charge in [-0.2, -0.15) is 0 Å². The largest absolute Gasteiger partial charge is 0.354 e. The van der Waals surface area contributed by atoms with Gasteiger partial charge in [0.25, 0.3) is 0 Å². The third-order valence-electron chi connectivity index (χ3n) is 3.80. The van der Waals surface area contributed by atoms with Crippen molar-refractivity contribution >= 4 is 28.7 Å². The van der Waals surface area contributed by atoms with Gasteiger partial charge in [-0.15, -0.1) is 0 Å². The lowest BCUT2D eigenvalue weighted by Crippen LogP contribution is -2.20. The van der Waals surface area contributed by atoms with Crippen LogP contribution in [0.15, 0.2) is 55.1 Å². The molecule has 0 saturated carbocycles. The van der Waals surface area contributed by atoms with Crippen molar-refractivity contribution in [2.75, 3.05) is 16.8 Å². The number of nitro groups is 1. The number of rotatable bonds is 6. The Hall–Kier alpha value is -3.55. The summed E-state index contributed by atoms with van der Waals surface area (Å²) in [6.07, 6.45) is 4.52. The van der Waals surface area contributed by atoms with E-state index in [4.69, 9.17) is 0 Å². The first kappa shape index (κ1) is 17.3. The number of benzene rings is 1. The molecule has 0 bridgehead atoms. The zero-order chi connectivity index (χ0) is 18.5. The van der Waals surface area contributed by atoms with Crippen molar-refractivity contribution < 1.29 is 4.92 Å². The maximum Gasteiger partial charge on any atom is 0.354 e. The van der Waals surface area contributed by atoms with Crippen molar-refractivity contribution in [3.05, 3.63) is 70.8 Å². The van der Waals surface area contributed by atoms with Gasteiger partial charge >= 0.3 is 5.69 Å². The summed E-state index contributed by atoms with van der Waals surface area (Å²) in [5.41, 5.74) is 2.33. The van der Waals surface area contributed by atoms with Gasteiger partial charge in [-0.05, 0) is 43.7 Å². The molecule has 1 N–H and O–H groups in total. The molecule has 8 heteroatoms. The summed E-state index contributed by atoms with van der Waals surface area (Å²) >= 11 is 0. The molecule has 2 aromatic heterocycles. The predicted molar refractivity (Wildman–Crippen MR) is 100 cm³/mol. The SMILES string of the molecule is CCN(c1cccc(C)c1)c1ncnc(Nc2cccnc2)c1[N+](=O)[O-]. The molecule has 26 heavy (non-hydrogen) atoms. The summed E-state index contributed by atoms with van der Waals surface area (Å²) in [7, 11) is 0. The molecule has 132 valence electrons. The van der Waals surface area contributed by atoms with Crippen LogP contribution in [-0.2, 0) is 0 Å². The Morgan fingerprint density at radius 2 is 2.08 bits per heavy atom. The van der Waals surface area contributed by atoms with Crippen LogP contribution in [0.3, 0.4) is 0 Å². The molecule has 0 aliphatic rings. The fraction of sp³-hybridized carbons (Fsp3) is 0.167. The Bertz CT molecular complexity index is 917. The molecule has 0 unspecified atom stereocenters. The van der Waals surface area contributed by atoms with Crippen LogP contribution < -0.4 is 10.2 Å². The average molecular weight is 350 g/mol. The lowest BCUT2D eigenvalue weighted by Gasteiger charge is -2.22. The third kappa shape index (κ3) is 3.59. The summed E-state index contributed by atoms with van der Waals surface area (Å²) in [6.45, 7) is 4.41. The number of aryl methyl sites for hydroxylation is 1. The quantitative estimate of drug-likeness (QED) is 0.530. The third-order valence-corrected chi connectivity index (χ3v) is 3.80. The van der Waals surface area contributed by atoms with E-state index in [1.54, 1.807) is 29.4 Å². The Morgan fingerprint density at radius 3 is 2.73 bits per heavy atom. The van der Waals surface area contributed by atoms with Crippen LogP contribution in [0.5, 0.6) is 0 Å². The van der Waals surface area contributed by atoms with Gasteiger partial charge < -0.3 is 10.2 Å². The number of nitrogens with zero attached hydrogens (tertiary/aromatic N) is 5. The van der Waals surface area contributed by atoms with Crippen LogP contribution >= 0.6 is 0 Å². The van der Waals surface area contributed by atoms with Crippen molar-refractivity contribution in [1.29, 1.82) is 0 Å². The number of hydrogen-bond acceptors (Lipinski definition) is 7. The minimum atomic E-state index is -0.466. The summed E-state index contributed by atoms with van der Waals surface area (Å²) in [5.74, 6) is 0.364. The van der Waals surface area contributed by atoms with E-state index in [0.717, 1.165) is 11.3 Å². The maximum absolute atomic E-state index is 11.8. The number of hydrogen-bond donors (Lipinski definition) is 1. The van der Waals surface area contributed by atoms with Gasteiger partial charge in [-0.3, -0.25) is 15.1 Å². The highest BCUT2D eigenvalue weighted by atomic mass is 16.6. The zero-order valence-corrected chi connectivity index (χ0v) is 14.5. The molecule has 0 spiro atoms. The van der Waals surface area contributed by atoms with Crippen molar-refractivity contribution in [3.8, 4) is 0 Å². The second kappa shape index (κ2) is 7.56. The van der Waals surface area contributed by atoms with Crippen LogP contribution in [0.1, 0.15) is 12.5 Å². The first-order valence-corrected chi connectivity index (χ1v) is 8.10. The van der Waals surface area contributed by atoms with Crippen LogP contribution in [0.25, 0.3) is 0 Å². The van der Waals surface area contributed by atoms with Crippen molar-refractivity contribution in [2.24, 2.45) is 0 Å². The van der Waals surface area contributed by atoms with E-state index in [-0.39, 0.29) is 17.3 Å². The normalized spacial score (nSPS) is 10.4. The summed E-state index contributed by atoms with van der Waals surface area (Å²) in [5, 5.41) is 14.7. The molecule has 3 rings (SSSR count). The molecule has 1 aromatic carbocycles. The fourth-order valence-electron chi connectivity index (χ4n) is 2.65. The van der Waals surface area contributed by atoms with Gasteiger partial charge in [-0.1, -0.05) is 12.1 Å². The number of aromatic nitrogens is 3. The van der Waals surface area contributed by atoms with E-state index in [0.29, 0.717) is 12.2 Å². The zero-order valence-electron chi connectivity index (χ0n) is 14.5. The smallest absolute Gasteiger partial charge is 0.333 e. The van der Waals surface area contributed by atoms with E-state index in [1.807, 2.05) is 38.1 Å². The Morgan fingerprint density at radius 1 is 1.23 bits per heavy atom. The standard InChI is InChI=1S/C18H18N6O2/c1-3-23(15-8-4-6-13(2)10-15)18-16(24(25)26)17(20-12-21-18)22-14-7-5-9-19-11-14/h4-12H,3H2,1-2H3,(H,20,21,22). The van der Waals surface area contributed by atoms with Gasteiger partial charge in [0.1, 0.15) is 6.33 Å². The Balaban J connectivity index is 2.09. The topological polar surface area (TPSA) is 97.1 Å². The minimum Gasteiger partial charge on any atom is -0.333 e.